The average molecular weight is 394 g/mol. The number of carbonyl (C=O) groups excluding carboxylic acids is 2. The summed E-state index contributed by atoms with van der Waals surface area (Å²) in [7, 11) is 0. The fourth-order valence-corrected chi connectivity index (χ4v) is 2.89. The van der Waals surface area contributed by atoms with Gasteiger partial charge in [-0.15, -0.1) is 0 Å². The first-order chi connectivity index (χ1) is 13.3. The molecule has 1 aliphatic heterocycles. The van der Waals surface area contributed by atoms with Crippen LogP contribution in [0, 0.1) is 5.82 Å². The molecule has 0 radical (unpaired) electrons. The van der Waals surface area contributed by atoms with Crippen LogP contribution in [0.4, 0.5) is 14.9 Å². The molecule has 1 heterocycles. The largest absolute Gasteiger partial charge is 0.489 e. The predicted octanol–water partition coefficient (Wildman–Crippen LogP) is 2.68. The lowest BCUT2D eigenvalue weighted by Crippen LogP contribution is -2.52. The molecule has 1 saturated heterocycles. The minimum atomic E-state index is -0.441. The first-order valence-electron chi connectivity index (χ1n) is 9.82. The zero-order valence-electron chi connectivity index (χ0n) is 17.1. The molecule has 0 spiro atoms. The second-order valence-corrected chi connectivity index (χ2v) is 7.38. The highest BCUT2D eigenvalue weighted by Gasteiger charge is 2.23. The summed E-state index contributed by atoms with van der Waals surface area (Å²) in [5, 5.41) is 5.69. The zero-order chi connectivity index (χ0) is 20.7. The van der Waals surface area contributed by atoms with Crippen LogP contribution in [0.1, 0.15) is 34.1 Å². The van der Waals surface area contributed by atoms with Crippen LogP contribution < -0.4 is 15.4 Å². The average Bonchev–Trinajstić information content (AvgIpc) is 2.64. The van der Waals surface area contributed by atoms with Gasteiger partial charge in [-0.05, 0) is 39.3 Å². The lowest BCUT2D eigenvalue weighted by atomic mass is 10.2. The molecule has 3 amide bonds. The third-order valence-electron chi connectivity index (χ3n) is 4.59. The van der Waals surface area contributed by atoms with Gasteiger partial charge in [-0.2, -0.15) is 0 Å². The van der Waals surface area contributed by atoms with Gasteiger partial charge >= 0.3 is 6.03 Å². The monoisotopic (exact) mass is 394 g/mol. The number of ether oxygens (including phenoxy) is 1. The number of carbonyl (C=O) groups is 2. The van der Waals surface area contributed by atoms with Crippen LogP contribution in [0.15, 0.2) is 18.2 Å². The number of urea groups is 1. The number of nitrogens with zero attached hydrogens (tertiary/aromatic N) is 2. The SMILES string of the molecule is CCC(C)NC(=O)CN1CCN(C(=O)Nc2cc(F)ccc2OC(C)C)CC1. The Morgan fingerprint density at radius 3 is 2.46 bits per heavy atom. The zero-order valence-corrected chi connectivity index (χ0v) is 17.1. The Hall–Kier alpha value is -2.35. The number of amides is 3. The van der Waals surface area contributed by atoms with Crippen molar-refractivity contribution < 1.29 is 18.7 Å². The molecule has 1 fully saturated rings. The third kappa shape index (κ3) is 6.67. The van der Waals surface area contributed by atoms with Crippen LogP contribution in [0.3, 0.4) is 0 Å². The minimum Gasteiger partial charge on any atom is -0.489 e. The quantitative estimate of drug-likeness (QED) is 0.746. The van der Waals surface area contributed by atoms with Gasteiger partial charge < -0.3 is 20.3 Å². The highest BCUT2D eigenvalue weighted by Crippen LogP contribution is 2.26. The molecule has 1 aromatic carbocycles. The summed E-state index contributed by atoms with van der Waals surface area (Å²) >= 11 is 0. The molecule has 156 valence electrons. The van der Waals surface area contributed by atoms with Crippen molar-refractivity contribution in [2.24, 2.45) is 0 Å². The van der Waals surface area contributed by atoms with Gasteiger partial charge in [-0.1, -0.05) is 6.92 Å². The maximum absolute atomic E-state index is 13.6. The van der Waals surface area contributed by atoms with Crippen LogP contribution in [-0.4, -0.2) is 66.6 Å². The van der Waals surface area contributed by atoms with Crippen molar-refractivity contribution >= 4 is 17.6 Å². The minimum absolute atomic E-state index is 0.00230. The van der Waals surface area contributed by atoms with Crippen molar-refractivity contribution in [3.63, 3.8) is 0 Å². The van der Waals surface area contributed by atoms with E-state index in [0.29, 0.717) is 44.2 Å². The van der Waals surface area contributed by atoms with Gasteiger partial charge in [0.05, 0.1) is 18.3 Å². The van der Waals surface area contributed by atoms with Gasteiger partial charge in [-0.25, -0.2) is 9.18 Å². The Labute approximate surface area is 166 Å². The van der Waals surface area contributed by atoms with Crippen molar-refractivity contribution in [3.05, 3.63) is 24.0 Å². The predicted molar refractivity (Wildman–Crippen MR) is 107 cm³/mol. The van der Waals surface area contributed by atoms with Gasteiger partial charge in [-0.3, -0.25) is 9.69 Å². The molecule has 1 atom stereocenters. The number of halogens is 1. The summed E-state index contributed by atoms with van der Waals surface area (Å²) < 4.78 is 19.2. The fraction of sp³-hybridized carbons (Fsp3) is 0.600. The van der Waals surface area contributed by atoms with Crippen molar-refractivity contribution in [2.75, 3.05) is 38.0 Å². The van der Waals surface area contributed by atoms with Gasteiger partial charge in [0.15, 0.2) is 0 Å². The Bertz CT molecular complexity index is 675. The number of hydrogen-bond acceptors (Lipinski definition) is 4. The molecule has 1 aliphatic rings. The third-order valence-corrected chi connectivity index (χ3v) is 4.59. The van der Waals surface area contributed by atoms with E-state index < -0.39 is 5.82 Å². The second-order valence-electron chi connectivity index (χ2n) is 7.38. The smallest absolute Gasteiger partial charge is 0.322 e. The summed E-state index contributed by atoms with van der Waals surface area (Å²) in [6.07, 6.45) is 0.800. The molecule has 2 N–H and O–H groups in total. The van der Waals surface area contributed by atoms with E-state index >= 15 is 0 Å². The van der Waals surface area contributed by atoms with E-state index in [4.69, 9.17) is 4.74 Å². The van der Waals surface area contributed by atoms with E-state index in [1.54, 1.807) is 4.90 Å². The number of nitrogens with one attached hydrogen (secondary N) is 2. The lowest BCUT2D eigenvalue weighted by molar-refractivity contribution is -0.123. The molecule has 0 aromatic heterocycles. The Balaban J connectivity index is 1.87. The van der Waals surface area contributed by atoms with Gasteiger partial charge in [0.25, 0.3) is 0 Å². The normalized spacial score (nSPS) is 16.0. The topological polar surface area (TPSA) is 73.9 Å². The highest BCUT2D eigenvalue weighted by atomic mass is 19.1. The molecule has 7 nitrogen and oxygen atoms in total. The van der Waals surface area contributed by atoms with E-state index in [1.807, 2.05) is 32.6 Å². The number of rotatable bonds is 7. The summed E-state index contributed by atoms with van der Waals surface area (Å²) in [6, 6.07) is 3.93. The Kier molecular flexibility index (Phi) is 8.04. The van der Waals surface area contributed by atoms with Crippen LogP contribution in [0.5, 0.6) is 5.75 Å². The molecule has 8 heteroatoms. The Morgan fingerprint density at radius 1 is 1.18 bits per heavy atom. The molecule has 0 aliphatic carbocycles. The van der Waals surface area contributed by atoms with Crippen molar-refractivity contribution in [1.29, 1.82) is 0 Å². The molecule has 2 rings (SSSR count). The van der Waals surface area contributed by atoms with Crippen molar-refractivity contribution in [3.8, 4) is 5.75 Å². The molecular formula is C20H31FN4O3. The van der Waals surface area contributed by atoms with E-state index in [0.717, 1.165) is 6.42 Å². The molecule has 1 aromatic rings. The summed E-state index contributed by atoms with van der Waals surface area (Å²) in [6.45, 7) is 10.3. The van der Waals surface area contributed by atoms with Crippen LogP contribution in [0.2, 0.25) is 0 Å². The van der Waals surface area contributed by atoms with E-state index in [-0.39, 0.29) is 24.1 Å². The summed E-state index contributed by atoms with van der Waals surface area (Å²) in [5.74, 6) is -0.00358. The molecular weight excluding hydrogens is 363 g/mol. The van der Waals surface area contributed by atoms with Crippen LogP contribution in [0.25, 0.3) is 0 Å². The van der Waals surface area contributed by atoms with E-state index in [9.17, 15) is 14.0 Å². The number of hydrogen-bond donors (Lipinski definition) is 2. The maximum atomic E-state index is 13.6. The van der Waals surface area contributed by atoms with Crippen LogP contribution in [-0.2, 0) is 4.79 Å². The van der Waals surface area contributed by atoms with Gasteiger partial charge in [0.1, 0.15) is 11.6 Å². The molecule has 28 heavy (non-hydrogen) atoms. The van der Waals surface area contributed by atoms with E-state index in [1.165, 1.54) is 18.2 Å². The van der Waals surface area contributed by atoms with E-state index in [2.05, 4.69) is 10.6 Å². The van der Waals surface area contributed by atoms with Crippen LogP contribution >= 0.6 is 0 Å². The maximum Gasteiger partial charge on any atom is 0.322 e. The standard InChI is InChI=1S/C20H31FN4O3/c1-5-15(4)22-19(26)13-24-8-10-25(11-9-24)20(27)23-17-12-16(21)6-7-18(17)28-14(2)3/h6-7,12,14-15H,5,8-11,13H2,1-4H3,(H,22,26)(H,23,27). The number of benzene rings is 1. The van der Waals surface area contributed by atoms with Crippen molar-refractivity contribution in [2.45, 2.75) is 46.3 Å². The summed E-state index contributed by atoms with van der Waals surface area (Å²) in [4.78, 5) is 28.3. The van der Waals surface area contributed by atoms with Crippen molar-refractivity contribution in [1.82, 2.24) is 15.1 Å². The number of piperazine rings is 1. The fourth-order valence-electron chi connectivity index (χ4n) is 2.89. The molecule has 0 bridgehead atoms. The Morgan fingerprint density at radius 2 is 1.86 bits per heavy atom. The highest BCUT2D eigenvalue weighted by molar-refractivity contribution is 5.91. The first kappa shape index (κ1) is 21.9. The molecule has 1 unspecified atom stereocenters. The van der Waals surface area contributed by atoms with Gasteiger partial charge in [0, 0.05) is 38.3 Å². The summed E-state index contributed by atoms with van der Waals surface area (Å²) in [5.41, 5.74) is 0.314. The first-order valence-corrected chi connectivity index (χ1v) is 9.82. The molecule has 0 saturated carbocycles. The number of anilines is 1. The van der Waals surface area contributed by atoms with Gasteiger partial charge in [0.2, 0.25) is 5.91 Å². The lowest BCUT2D eigenvalue weighted by Gasteiger charge is -2.34. The second kappa shape index (κ2) is 10.3.